The molecule has 3 N–H and O–H groups in total. The fourth-order valence-corrected chi connectivity index (χ4v) is 2.05. The third kappa shape index (κ3) is 6.02. The second-order valence-corrected chi connectivity index (χ2v) is 5.69. The summed E-state index contributed by atoms with van der Waals surface area (Å²) in [4.78, 5) is 33.7. The van der Waals surface area contributed by atoms with E-state index in [1.165, 1.54) is 25.7 Å². The van der Waals surface area contributed by atoms with Crippen molar-refractivity contribution in [3.05, 3.63) is 36.8 Å². The maximum Gasteiger partial charge on any atom is 0.324 e. The van der Waals surface area contributed by atoms with Crippen molar-refractivity contribution in [1.82, 2.24) is 14.9 Å². The number of hydrogen-bond acceptors (Lipinski definition) is 6. The summed E-state index contributed by atoms with van der Waals surface area (Å²) in [6.45, 7) is 0.658. The average Bonchev–Trinajstić information content (AvgIpc) is 2.62. The van der Waals surface area contributed by atoms with E-state index in [2.05, 4.69) is 25.9 Å². The Morgan fingerprint density at radius 3 is 2.62 bits per heavy atom. The lowest BCUT2D eigenvalue weighted by Crippen LogP contribution is -2.21. The van der Waals surface area contributed by atoms with Gasteiger partial charge in [0, 0.05) is 37.1 Å². The van der Waals surface area contributed by atoms with Gasteiger partial charge < -0.3 is 20.3 Å². The van der Waals surface area contributed by atoms with E-state index in [9.17, 15) is 9.59 Å². The molecule has 0 fully saturated rings. The normalized spacial score (nSPS) is 10.3. The highest BCUT2D eigenvalue weighted by molar-refractivity contribution is 6.00. The van der Waals surface area contributed by atoms with Gasteiger partial charge in [-0.05, 0) is 26.2 Å². The Balaban J connectivity index is 1.99. The number of ether oxygens (including phenoxy) is 1. The predicted octanol–water partition coefficient (Wildman–Crippen LogP) is 2.02. The fourth-order valence-electron chi connectivity index (χ4n) is 2.05. The molecule has 0 spiro atoms. The van der Waals surface area contributed by atoms with E-state index in [0.29, 0.717) is 35.9 Å². The van der Waals surface area contributed by atoms with Crippen molar-refractivity contribution in [1.29, 1.82) is 0 Å². The fraction of sp³-hybridized carbons (Fsp3) is 0.294. The molecule has 3 amide bonds. The lowest BCUT2D eigenvalue weighted by atomic mass is 10.2. The van der Waals surface area contributed by atoms with Crippen LogP contribution in [0.25, 0.3) is 0 Å². The van der Waals surface area contributed by atoms with Gasteiger partial charge in [0.2, 0.25) is 5.91 Å². The van der Waals surface area contributed by atoms with Crippen LogP contribution in [0.2, 0.25) is 0 Å². The molecule has 0 bridgehead atoms. The number of carbonyl (C=O) groups is 2. The van der Waals surface area contributed by atoms with Crippen molar-refractivity contribution < 1.29 is 14.3 Å². The molecule has 26 heavy (non-hydrogen) atoms. The molecule has 0 aliphatic heterocycles. The molecule has 138 valence electrons. The summed E-state index contributed by atoms with van der Waals surface area (Å²) < 4.78 is 5.29. The first-order valence-electron chi connectivity index (χ1n) is 7.94. The molecule has 0 aliphatic carbocycles. The number of hydrogen-bond donors (Lipinski definition) is 3. The topological polar surface area (TPSA) is 108 Å². The van der Waals surface area contributed by atoms with Gasteiger partial charge in [-0.15, -0.1) is 0 Å². The molecule has 1 aromatic heterocycles. The quantitative estimate of drug-likeness (QED) is 0.699. The second kappa shape index (κ2) is 9.33. The third-order valence-corrected chi connectivity index (χ3v) is 3.32. The molecule has 0 aliphatic rings. The first kappa shape index (κ1) is 19.1. The zero-order valence-electron chi connectivity index (χ0n) is 14.9. The SMILES string of the molecule is COc1cc(NC(=O)CCN(C)C)ccc1NC(=O)Nc1cnccn1. The molecule has 0 unspecified atom stereocenters. The summed E-state index contributed by atoms with van der Waals surface area (Å²) >= 11 is 0. The molecule has 9 nitrogen and oxygen atoms in total. The first-order chi connectivity index (χ1) is 12.5. The summed E-state index contributed by atoms with van der Waals surface area (Å²) in [6.07, 6.45) is 4.81. The minimum absolute atomic E-state index is 0.0955. The highest BCUT2D eigenvalue weighted by Gasteiger charge is 2.11. The molecule has 0 radical (unpaired) electrons. The van der Waals surface area contributed by atoms with Gasteiger partial charge in [0.05, 0.1) is 19.0 Å². The van der Waals surface area contributed by atoms with Crippen LogP contribution in [0.1, 0.15) is 6.42 Å². The zero-order chi connectivity index (χ0) is 18.9. The summed E-state index contributed by atoms with van der Waals surface area (Å²) in [6, 6.07) is 4.50. The van der Waals surface area contributed by atoms with Gasteiger partial charge in [0.1, 0.15) is 5.75 Å². The van der Waals surface area contributed by atoms with Crippen LogP contribution in [0, 0.1) is 0 Å². The number of benzene rings is 1. The minimum atomic E-state index is -0.480. The lowest BCUT2D eigenvalue weighted by Gasteiger charge is -2.13. The van der Waals surface area contributed by atoms with Crippen LogP contribution in [0.3, 0.4) is 0 Å². The largest absolute Gasteiger partial charge is 0.494 e. The first-order valence-corrected chi connectivity index (χ1v) is 7.94. The van der Waals surface area contributed by atoms with Crippen LogP contribution >= 0.6 is 0 Å². The molecule has 0 atom stereocenters. The molecule has 2 aromatic rings. The maximum absolute atomic E-state index is 12.0. The van der Waals surface area contributed by atoms with E-state index >= 15 is 0 Å². The average molecular weight is 358 g/mol. The van der Waals surface area contributed by atoms with Crippen LogP contribution in [0.4, 0.5) is 22.0 Å². The van der Waals surface area contributed by atoms with Crippen LogP contribution < -0.4 is 20.7 Å². The molecule has 9 heteroatoms. The van der Waals surface area contributed by atoms with Crippen molar-refractivity contribution in [2.24, 2.45) is 0 Å². The van der Waals surface area contributed by atoms with Crippen molar-refractivity contribution in [2.75, 3.05) is 43.7 Å². The summed E-state index contributed by atoms with van der Waals surface area (Å²) in [7, 11) is 5.30. The Hall–Kier alpha value is -3.20. The van der Waals surface area contributed by atoms with Crippen molar-refractivity contribution in [2.45, 2.75) is 6.42 Å². The van der Waals surface area contributed by atoms with Gasteiger partial charge in [-0.1, -0.05) is 0 Å². The number of urea groups is 1. The predicted molar refractivity (Wildman–Crippen MR) is 99.5 cm³/mol. The number of anilines is 3. The number of rotatable bonds is 7. The number of methoxy groups -OCH3 is 1. The summed E-state index contributed by atoms with van der Waals surface area (Å²) in [5.41, 5.74) is 1.05. The Morgan fingerprint density at radius 1 is 1.15 bits per heavy atom. The molecular formula is C17H22N6O3. The van der Waals surface area contributed by atoms with Gasteiger partial charge in [-0.3, -0.25) is 15.1 Å². The monoisotopic (exact) mass is 358 g/mol. The lowest BCUT2D eigenvalue weighted by molar-refractivity contribution is -0.116. The highest BCUT2D eigenvalue weighted by atomic mass is 16.5. The van der Waals surface area contributed by atoms with E-state index in [1.54, 1.807) is 18.2 Å². The van der Waals surface area contributed by atoms with Crippen LogP contribution in [0.15, 0.2) is 36.8 Å². The van der Waals surface area contributed by atoms with Crippen LogP contribution in [0.5, 0.6) is 5.75 Å². The molecular weight excluding hydrogens is 336 g/mol. The molecule has 0 saturated heterocycles. The Bertz CT molecular complexity index is 751. The van der Waals surface area contributed by atoms with Gasteiger partial charge >= 0.3 is 6.03 Å². The van der Waals surface area contributed by atoms with Gasteiger partial charge in [0.25, 0.3) is 0 Å². The van der Waals surface area contributed by atoms with E-state index in [-0.39, 0.29) is 5.91 Å². The maximum atomic E-state index is 12.0. The van der Waals surface area contributed by atoms with E-state index < -0.39 is 6.03 Å². The van der Waals surface area contributed by atoms with Crippen molar-refractivity contribution in [3.63, 3.8) is 0 Å². The number of amides is 3. The van der Waals surface area contributed by atoms with E-state index in [0.717, 1.165) is 0 Å². The Kier molecular flexibility index (Phi) is 6.86. The standard InChI is InChI=1S/C17H22N6O3/c1-23(2)9-6-16(24)20-12-4-5-13(14(10-12)26-3)21-17(25)22-15-11-18-7-8-19-15/h4-5,7-8,10-11H,6,9H2,1-3H3,(H,20,24)(H2,19,21,22,25). The molecule has 2 rings (SSSR count). The number of aromatic nitrogens is 2. The number of nitrogens with one attached hydrogen (secondary N) is 3. The van der Waals surface area contributed by atoms with Crippen LogP contribution in [-0.2, 0) is 4.79 Å². The van der Waals surface area contributed by atoms with Crippen molar-refractivity contribution in [3.8, 4) is 5.75 Å². The number of carbonyl (C=O) groups excluding carboxylic acids is 2. The van der Waals surface area contributed by atoms with Crippen molar-refractivity contribution >= 4 is 29.1 Å². The molecule has 1 heterocycles. The number of nitrogens with zero attached hydrogens (tertiary/aromatic N) is 3. The van der Waals surface area contributed by atoms with Gasteiger partial charge in [0.15, 0.2) is 5.82 Å². The third-order valence-electron chi connectivity index (χ3n) is 3.32. The Morgan fingerprint density at radius 2 is 1.96 bits per heavy atom. The van der Waals surface area contributed by atoms with Crippen LogP contribution in [-0.4, -0.2) is 54.6 Å². The molecule has 0 saturated carbocycles. The smallest absolute Gasteiger partial charge is 0.324 e. The van der Waals surface area contributed by atoms with Gasteiger partial charge in [-0.25, -0.2) is 9.78 Å². The summed E-state index contributed by atoms with van der Waals surface area (Å²) in [5, 5.41) is 8.03. The van der Waals surface area contributed by atoms with E-state index in [1.807, 2.05) is 19.0 Å². The summed E-state index contributed by atoms with van der Waals surface area (Å²) in [5.74, 6) is 0.653. The highest BCUT2D eigenvalue weighted by Crippen LogP contribution is 2.28. The van der Waals surface area contributed by atoms with E-state index in [4.69, 9.17) is 4.74 Å². The Labute approximate surface area is 151 Å². The minimum Gasteiger partial charge on any atom is -0.494 e. The second-order valence-electron chi connectivity index (χ2n) is 5.69. The zero-order valence-corrected chi connectivity index (χ0v) is 14.9. The molecule has 1 aromatic carbocycles. The van der Waals surface area contributed by atoms with Gasteiger partial charge in [-0.2, -0.15) is 0 Å².